The molecular formula is C10H16. The summed E-state index contributed by atoms with van der Waals surface area (Å²) in [5, 5.41) is 0. The van der Waals surface area contributed by atoms with Crippen molar-refractivity contribution in [1.29, 1.82) is 0 Å². The first-order valence-electron chi connectivity index (χ1n) is 3.61. The summed E-state index contributed by atoms with van der Waals surface area (Å²) >= 11 is 0. The van der Waals surface area contributed by atoms with Gasteiger partial charge in [0.15, 0.2) is 0 Å². The zero-order valence-electron chi connectivity index (χ0n) is 7.20. The van der Waals surface area contributed by atoms with E-state index in [1.54, 1.807) is 0 Å². The fraction of sp³-hybridized carbons (Fsp3) is 0.400. The van der Waals surface area contributed by atoms with Gasteiger partial charge < -0.3 is 0 Å². The number of allylic oxidation sites excluding steroid dienone is 4. The van der Waals surface area contributed by atoms with Gasteiger partial charge in [-0.05, 0) is 31.4 Å². The van der Waals surface area contributed by atoms with Crippen LogP contribution in [0.1, 0.15) is 27.2 Å². The van der Waals surface area contributed by atoms with E-state index in [9.17, 15) is 0 Å². The number of hydrogen-bond donors (Lipinski definition) is 0. The van der Waals surface area contributed by atoms with Crippen LogP contribution in [-0.4, -0.2) is 0 Å². The van der Waals surface area contributed by atoms with Crippen molar-refractivity contribution < 1.29 is 0 Å². The predicted molar refractivity (Wildman–Crippen MR) is 48.0 cm³/mol. The molecule has 0 N–H and O–H groups in total. The molecule has 0 heterocycles. The first kappa shape index (κ1) is 9.22. The Balaban J connectivity index is 4.45. The molecule has 0 rings (SSSR count). The molecule has 0 atom stereocenters. The Bertz CT molecular complexity index is 170. The summed E-state index contributed by atoms with van der Waals surface area (Å²) in [6.07, 6.45) is 2.90. The van der Waals surface area contributed by atoms with Crippen LogP contribution < -0.4 is 0 Å². The third-order valence-corrected chi connectivity index (χ3v) is 1.85. The molecular weight excluding hydrogens is 120 g/mol. The molecule has 0 saturated carbocycles. The van der Waals surface area contributed by atoms with Gasteiger partial charge in [-0.15, -0.1) is 0 Å². The Hall–Kier alpha value is -0.780. The maximum absolute atomic E-state index is 3.94. The average molecular weight is 136 g/mol. The van der Waals surface area contributed by atoms with Crippen molar-refractivity contribution in [2.75, 3.05) is 0 Å². The predicted octanol–water partition coefficient (Wildman–Crippen LogP) is 3.48. The van der Waals surface area contributed by atoms with E-state index in [0.29, 0.717) is 0 Å². The van der Waals surface area contributed by atoms with Gasteiger partial charge in [-0.3, -0.25) is 0 Å². The zero-order chi connectivity index (χ0) is 8.15. The van der Waals surface area contributed by atoms with Gasteiger partial charge in [0.2, 0.25) is 0 Å². The lowest BCUT2D eigenvalue weighted by atomic mass is 10.0. The Morgan fingerprint density at radius 2 is 1.90 bits per heavy atom. The van der Waals surface area contributed by atoms with E-state index < -0.39 is 0 Å². The van der Waals surface area contributed by atoms with E-state index in [1.165, 1.54) is 16.7 Å². The monoisotopic (exact) mass is 136 g/mol. The second-order valence-corrected chi connectivity index (χ2v) is 2.47. The fourth-order valence-electron chi connectivity index (χ4n) is 0.697. The summed E-state index contributed by atoms with van der Waals surface area (Å²) < 4.78 is 0. The second kappa shape index (κ2) is 4.10. The maximum atomic E-state index is 3.94. The van der Waals surface area contributed by atoms with Crippen LogP contribution in [0.25, 0.3) is 0 Å². The summed E-state index contributed by atoms with van der Waals surface area (Å²) in [4.78, 5) is 0. The zero-order valence-corrected chi connectivity index (χ0v) is 7.20. The van der Waals surface area contributed by atoms with Gasteiger partial charge in [-0.2, -0.15) is 0 Å². The Kier molecular flexibility index (Phi) is 3.78. The normalized spacial score (nSPS) is 12.3. The van der Waals surface area contributed by atoms with Gasteiger partial charge in [0.25, 0.3) is 0 Å². The molecule has 0 radical (unpaired) electrons. The van der Waals surface area contributed by atoms with E-state index in [1.807, 2.05) is 6.08 Å². The van der Waals surface area contributed by atoms with Crippen LogP contribution in [0, 0.1) is 0 Å². The molecule has 0 aromatic rings. The first-order chi connectivity index (χ1) is 4.63. The molecule has 0 amide bonds. The third-order valence-electron chi connectivity index (χ3n) is 1.85. The minimum absolute atomic E-state index is 1.02. The Morgan fingerprint density at radius 3 is 2.20 bits per heavy atom. The highest BCUT2D eigenvalue weighted by molar-refractivity contribution is 5.34. The molecule has 0 unspecified atom stereocenters. The molecule has 0 heteroatoms. The highest BCUT2D eigenvalue weighted by Gasteiger charge is 1.95. The van der Waals surface area contributed by atoms with Crippen molar-refractivity contribution in [3.8, 4) is 0 Å². The minimum atomic E-state index is 1.02. The van der Waals surface area contributed by atoms with Crippen LogP contribution in [0.5, 0.6) is 0 Å². The smallest absolute Gasteiger partial charge is 0.0311 e. The van der Waals surface area contributed by atoms with E-state index in [0.717, 1.165) is 6.42 Å². The summed E-state index contributed by atoms with van der Waals surface area (Å²) in [5.74, 6) is 0. The molecule has 10 heavy (non-hydrogen) atoms. The van der Waals surface area contributed by atoms with E-state index >= 15 is 0 Å². The van der Waals surface area contributed by atoms with Crippen LogP contribution in [0.15, 0.2) is 36.0 Å². The van der Waals surface area contributed by atoms with Crippen molar-refractivity contribution in [1.82, 2.24) is 0 Å². The third kappa shape index (κ3) is 2.22. The van der Waals surface area contributed by atoms with E-state index in [4.69, 9.17) is 0 Å². The number of hydrogen-bond acceptors (Lipinski definition) is 0. The topological polar surface area (TPSA) is 0 Å². The van der Waals surface area contributed by atoms with Gasteiger partial charge in [0, 0.05) is 0 Å². The van der Waals surface area contributed by atoms with Crippen molar-refractivity contribution in [2.45, 2.75) is 27.2 Å². The molecule has 56 valence electrons. The van der Waals surface area contributed by atoms with Gasteiger partial charge in [0.05, 0.1) is 0 Å². The molecule has 0 aromatic carbocycles. The van der Waals surface area contributed by atoms with Crippen LogP contribution in [0.4, 0.5) is 0 Å². The summed E-state index contributed by atoms with van der Waals surface area (Å²) in [6.45, 7) is 13.9. The summed E-state index contributed by atoms with van der Waals surface area (Å²) in [6, 6.07) is 0. The van der Waals surface area contributed by atoms with Gasteiger partial charge in [0.1, 0.15) is 0 Å². The molecule has 0 aliphatic heterocycles. The lowest BCUT2D eigenvalue weighted by Crippen LogP contribution is -1.84. The standard InChI is InChI=1S/C10H16/c1-6-8(3)10(5)9(4)7-2/h6H,1,4,7H2,2-3,5H3/b10-8-. The van der Waals surface area contributed by atoms with Crippen molar-refractivity contribution in [2.24, 2.45) is 0 Å². The molecule has 0 aromatic heterocycles. The van der Waals surface area contributed by atoms with E-state index in [2.05, 4.69) is 33.9 Å². The number of rotatable bonds is 3. The van der Waals surface area contributed by atoms with Gasteiger partial charge in [-0.1, -0.05) is 31.7 Å². The van der Waals surface area contributed by atoms with Crippen LogP contribution in [0.2, 0.25) is 0 Å². The quantitative estimate of drug-likeness (QED) is 0.521. The highest BCUT2D eigenvalue weighted by Crippen LogP contribution is 2.15. The highest BCUT2D eigenvalue weighted by atomic mass is 14.0. The average Bonchev–Trinajstić information content (AvgIpc) is 2.00. The van der Waals surface area contributed by atoms with Crippen LogP contribution >= 0.6 is 0 Å². The van der Waals surface area contributed by atoms with Gasteiger partial charge >= 0.3 is 0 Å². The van der Waals surface area contributed by atoms with E-state index in [-0.39, 0.29) is 0 Å². The Labute approximate surface area is 64.0 Å². The Morgan fingerprint density at radius 1 is 1.40 bits per heavy atom. The SMILES string of the molecule is C=C/C(C)=C(/C)C(=C)CC. The minimum Gasteiger partial charge on any atom is -0.0988 e. The lowest BCUT2D eigenvalue weighted by Gasteiger charge is -2.04. The second-order valence-electron chi connectivity index (χ2n) is 2.47. The molecule has 0 aliphatic rings. The van der Waals surface area contributed by atoms with Gasteiger partial charge in [-0.25, -0.2) is 0 Å². The van der Waals surface area contributed by atoms with Crippen LogP contribution in [0.3, 0.4) is 0 Å². The molecule has 0 spiro atoms. The van der Waals surface area contributed by atoms with Crippen molar-refractivity contribution >= 4 is 0 Å². The van der Waals surface area contributed by atoms with Crippen molar-refractivity contribution in [3.05, 3.63) is 36.0 Å². The van der Waals surface area contributed by atoms with Crippen LogP contribution in [-0.2, 0) is 0 Å². The lowest BCUT2D eigenvalue weighted by molar-refractivity contribution is 1.10. The molecule has 0 fully saturated rings. The molecule has 0 saturated heterocycles. The van der Waals surface area contributed by atoms with Crippen molar-refractivity contribution in [3.63, 3.8) is 0 Å². The first-order valence-corrected chi connectivity index (χ1v) is 3.61. The largest absolute Gasteiger partial charge is 0.0988 e. The molecule has 0 aliphatic carbocycles. The summed E-state index contributed by atoms with van der Waals surface area (Å²) in [7, 11) is 0. The summed E-state index contributed by atoms with van der Waals surface area (Å²) in [5.41, 5.74) is 3.71. The fourth-order valence-corrected chi connectivity index (χ4v) is 0.697. The maximum Gasteiger partial charge on any atom is -0.0311 e. The molecule has 0 bridgehead atoms. The molecule has 0 nitrogen and oxygen atoms in total.